The summed E-state index contributed by atoms with van der Waals surface area (Å²) in [6.45, 7) is 0.759. The zero-order chi connectivity index (χ0) is 10.8. The first-order chi connectivity index (χ1) is 7.22. The van der Waals surface area contributed by atoms with Gasteiger partial charge in [0.05, 0.1) is 0 Å². The SMILES string of the molecule is COC(=O)C1C=C(c2scc[c]2[Pb])CN1. The summed E-state index contributed by atoms with van der Waals surface area (Å²) in [6, 6.07) is 1.88. The van der Waals surface area contributed by atoms with Gasteiger partial charge in [-0.3, -0.25) is 0 Å². The van der Waals surface area contributed by atoms with Gasteiger partial charge in [-0.15, -0.1) is 0 Å². The third-order valence-electron chi connectivity index (χ3n) is 2.29. The molecule has 0 amide bonds. The molecule has 1 aromatic rings. The number of methoxy groups -OCH3 is 1. The Morgan fingerprint density at radius 3 is 3.13 bits per heavy atom. The second-order valence-corrected chi connectivity index (χ2v) is 6.25. The van der Waals surface area contributed by atoms with Gasteiger partial charge in [0.2, 0.25) is 0 Å². The maximum atomic E-state index is 11.3. The Morgan fingerprint density at radius 1 is 1.73 bits per heavy atom. The molecule has 0 bridgehead atoms. The van der Waals surface area contributed by atoms with Crippen molar-refractivity contribution in [3.63, 3.8) is 0 Å². The van der Waals surface area contributed by atoms with Crippen LogP contribution in [0, 0.1) is 0 Å². The van der Waals surface area contributed by atoms with Crippen molar-refractivity contribution in [2.75, 3.05) is 13.7 Å². The Labute approximate surface area is 108 Å². The average Bonchev–Trinajstić information content (AvgIpc) is 2.84. The van der Waals surface area contributed by atoms with Crippen LogP contribution in [0.25, 0.3) is 5.57 Å². The molecule has 1 aliphatic heterocycles. The molecule has 3 nitrogen and oxygen atoms in total. The fourth-order valence-corrected chi connectivity index (χ4v) is 4.46. The molecule has 0 spiro atoms. The summed E-state index contributed by atoms with van der Waals surface area (Å²) >= 11 is 2.79. The number of hydrogen-bond acceptors (Lipinski definition) is 4. The van der Waals surface area contributed by atoms with E-state index < -0.39 is 0 Å². The van der Waals surface area contributed by atoms with E-state index in [1.54, 1.807) is 11.3 Å². The molecule has 0 saturated heterocycles. The summed E-state index contributed by atoms with van der Waals surface area (Å²) in [5, 5.41) is 5.23. The van der Waals surface area contributed by atoms with E-state index in [-0.39, 0.29) is 12.0 Å². The van der Waals surface area contributed by atoms with Gasteiger partial charge in [0.25, 0.3) is 0 Å². The van der Waals surface area contributed by atoms with Crippen LogP contribution in [0.5, 0.6) is 0 Å². The molecule has 1 atom stereocenters. The molecule has 2 rings (SSSR count). The van der Waals surface area contributed by atoms with E-state index in [0.717, 1.165) is 32.3 Å². The van der Waals surface area contributed by atoms with Crippen molar-refractivity contribution < 1.29 is 9.53 Å². The van der Waals surface area contributed by atoms with Crippen LogP contribution in [-0.2, 0) is 9.53 Å². The van der Waals surface area contributed by atoms with Gasteiger partial charge in [-0.2, -0.15) is 0 Å². The Hall–Kier alpha value is -0.208. The number of carbonyl (C=O) groups is 1. The number of carbonyl (C=O) groups excluding carboxylic acids is 1. The summed E-state index contributed by atoms with van der Waals surface area (Å²) in [4.78, 5) is 12.6. The minimum absolute atomic E-state index is 0.212. The van der Waals surface area contributed by atoms with Crippen LogP contribution < -0.4 is 8.44 Å². The molecule has 0 aromatic carbocycles. The molecule has 3 radical (unpaired) electrons. The van der Waals surface area contributed by atoms with Gasteiger partial charge in [-0.05, 0) is 0 Å². The molecular weight excluding hydrogens is 405 g/mol. The fourth-order valence-electron chi connectivity index (χ4n) is 1.53. The van der Waals surface area contributed by atoms with E-state index >= 15 is 0 Å². The van der Waals surface area contributed by atoms with E-state index in [9.17, 15) is 4.79 Å². The fraction of sp³-hybridized carbons (Fsp3) is 0.300. The van der Waals surface area contributed by atoms with Gasteiger partial charge in [0, 0.05) is 0 Å². The van der Waals surface area contributed by atoms with E-state index in [1.807, 2.05) is 6.08 Å². The number of thiophene rings is 1. The van der Waals surface area contributed by atoms with Crippen LogP contribution in [0.2, 0.25) is 0 Å². The summed E-state index contributed by atoms with van der Waals surface area (Å²) < 4.78 is 6.10. The second-order valence-electron chi connectivity index (χ2n) is 3.24. The third kappa shape index (κ3) is 2.31. The molecule has 1 aliphatic rings. The third-order valence-corrected chi connectivity index (χ3v) is 5.61. The molecule has 5 heteroatoms. The summed E-state index contributed by atoms with van der Waals surface area (Å²) in [5.74, 6) is -0.212. The maximum absolute atomic E-state index is 11.3. The van der Waals surface area contributed by atoms with E-state index in [2.05, 4.69) is 16.8 Å². The summed E-state index contributed by atoms with van der Waals surface area (Å²) in [6.07, 6.45) is 1.97. The first-order valence-corrected chi connectivity index (χ1v) is 7.36. The predicted octanol–water partition coefficient (Wildman–Crippen LogP) is 0.0701. The van der Waals surface area contributed by atoms with Crippen molar-refractivity contribution in [3.05, 3.63) is 22.4 Å². The first-order valence-electron chi connectivity index (χ1n) is 4.53. The monoisotopic (exact) mass is 416 g/mol. The van der Waals surface area contributed by atoms with Gasteiger partial charge in [0.15, 0.2) is 0 Å². The van der Waals surface area contributed by atoms with Gasteiger partial charge in [-0.1, -0.05) is 0 Å². The normalized spacial score (nSPS) is 20.1. The van der Waals surface area contributed by atoms with Crippen molar-refractivity contribution in [2.24, 2.45) is 0 Å². The van der Waals surface area contributed by atoms with Crippen LogP contribution in [0.4, 0.5) is 0 Å². The molecule has 0 fully saturated rings. The Morgan fingerprint density at radius 2 is 2.53 bits per heavy atom. The van der Waals surface area contributed by atoms with Crippen molar-refractivity contribution in [2.45, 2.75) is 6.04 Å². The number of ether oxygens (including phenoxy) is 1. The predicted molar refractivity (Wildman–Crippen MR) is 61.5 cm³/mol. The van der Waals surface area contributed by atoms with Crippen LogP contribution in [-0.4, -0.2) is 51.4 Å². The van der Waals surface area contributed by atoms with Crippen LogP contribution in [0.15, 0.2) is 17.5 Å². The van der Waals surface area contributed by atoms with Crippen molar-refractivity contribution in [3.8, 4) is 0 Å². The van der Waals surface area contributed by atoms with Crippen LogP contribution >= 0.6 is 11.3 Å². The average molecular weight is 415 g/mol. The molecule has 0 saturated carbocycles. The van der Waals surface area contributed by atoms with Crippen LogP contribution in [0.3, 0.4) is 0 Å². The number of esters is 1. The Balaban J connectivity index is 2.20. The minimum atomic E-state index is -0.270. The summed E-state index contributed by atoms with van der Waals surface area (Å²) in [7, 11) is 1.42. The Kier molecular flexibility index (Phi) is 3.57. The molecular formula is C10H10NO2PbS. The van der Waals surface area contributed by atoms with Crippen molar-refractivity contribution >= 4 is 51.8 Å². The van der Waals surface area contributed by atoms with E-state index in [0.29, 0.717) is 0 Å². The molecule has 0 aliphatic carbocycles. The standard InChI is InChI=1S/C10H10NO2S.Pb/c1-13-10(12)8-5-7(6-11-8)9-3-2-4-14-9;/h2,4-5,8,11H,6H2,1H3;. The van der Waals surface area contributed by atoms with Gasteiger partial charge < -0.3 is 0 Å². The second kappa shape index (κ2) is 4.75. The summed E-state index contributed by atoms with van der Waals surface area (Å²) in [5.41, 5.74) is 1.23. The van der Waals surface area contributed by atoms with Gasteiger partial charge in [-0.25, -0.2) is 0 Å². The van der Waals surface area contributed by atoms with Gasteiger partial charge >= 0.3 is 109 Å². The molecule has 1 N–H and O–H groups in total. The zero-order valence-corrected chi connectivity index (χ0v) is 12.9. The molecule has 2 heterocycles. The number of nitrogens with one attached hydrogen (secondary N) is 1. The molecule has 15 heavy (non-hydrogen) atoms. The quantitative estimate of drug-likeness (QED) is 0.549. The van der Waals surface area contributed by atoms with Crippen molar-refractivity contribution in [1.82, 2.24) is 5.32 Å². The molecule has 77 valence electrons. The zero-order valence-electron chi connectivity index (χ0n) is 8.24. The van der Waals surface area contributed by atoms with Gasteiger partial charge in [0.1, 0.15) is 0 Å². The first kappa shape index (κ1) is 11.3. The van der Waals surface area contributed by atoms with E-state index in [1.165, 1.54) is 20.7 Å². The molecule has 1 unspecified atom stereocenters. The molecule has 1 aromatic heterocycles. The van der Waals surface area contributed by atoms with E-state index in [4.69, 9.17) is 4.74 Å². The number of rotatable bonds is 2. The topological polar surface area (TPSA) is 38.3 Å². The van der Waals surface area contributed by atoms with Crippen molar-refractivity contribution in [1.29, 1.82) is 0 Å². The van der Waals surface area contributed by atoms with Crippen LogP contribution in [0.1, 0.15) is 4.88 Å². The Bertz CT molecular complexity index is 413. The number of hydrogen-bond donors (Lipinski definition) is 1.